The molecule has 20 nitrogen and oxygen atoms in total. The van der Waals surface area contributed by atoms with E-state index in [-0.39, 0.29) is 69.9 Å². The maximum absolute atomic E-state index is 15.8. The fourth-order valence-corrected chi connectivity index (χ4v) is 15.1. The Kier molecular flexibility index (Phi) is 30.9. The van der Waals surface area contributed by atoms with Crippen molar-refractivity contribution in [3.8, 4) is 34.5 Å². The van der Waals surface area contributed by atoms with Crippen molar-refractivity contribution in [3.05, 3.63) is 82.4 Å². The predicted molar refractivity (Wildman–Crippen MR) is 390 cm³/mol. The number of imide groups is 1. The van der Waals surface area contributed by atoms with Gasteiger partial charge in [0.05, 0.1) is 59.5 Å². The topological polar surface area (TPSA) is 202 Å². The largest absolute Gasteiger partial charge is 0.493 e. The summed E-state index contributed by atoms with van der Waals surface area (Å²) in [7, 11) is 1.93. The van der Waals surface area contributed by atoms with E-state index < -0.39 is 111 Å². The number of hydrogen-bond acceptors (Lipinski definition) is 19. The lowest BCUT2D eigenvalue weighted by Gasteiger charge is -2.53. The summed E-state index contributed by atoms with van der Waals surface area (Å²) in [5, 5.41) is -0.218. The molecule has 0 radical (unpaired) electrons. The van der Waals surface area contributed by atoms with E-state index in [0.717, 1.165) is 39.3 Å². The molecule has 548 valence electrons. The molecule has 2 aliphatic rings. The van der Waals surface area contributed by atoms with Crippen molar-refractivity contribution in [1.29, 1.82) is 0 Å². The van der Waals surface area contributed by atoms with Gasteiger partial charge in [0.15, 0.2) is 43.6 Å². The third-order valence-corrected chi connectivity index (χ3v) is 28.5. The number of carbonyl (C=O) groups is 3. The first-order chi connectivity index (χ1) is 45.2. The Balaban J connectivity index is 1.66. The molecule has 0 N–H and O–H groups in total. The van der Waals surface area contributed by atoms with E-state index >= 15 is 14.4 Å². The summed E-state index contributed by atoms with van der Waals surface area (Å²) in [5.41, 5.74) is 3.31. The van der Waals surface area contributed by atoms with E-state index in [4.69, 9.17) is 75.5 Å². The number of hydrogen-bond donors (Lipinski definition) is 0. The fraction of sp³-hybridized carbons (Fsp3) is 0.685. The molecule has 0 aliphatic carbocycles. The lowest BCUT2D eigenvalue weighted by Crippen LogP contribution is -2.63. The van der Waals surface area contributed by atoms with E-state index in [2.05, 4.69) is 113 Å². The van der Waals surface area contributed by atoms with Gasteiger partial charge in [-0.25, -0.2) is 14.5 Å². The Hall–Kier alpha value is -4.84. The molecule has 0 unspecified atom stereocenters. The van der Waals surface area contributed by atoms with Crippen LogP contribution in [0.3, 0.4) is 0 Å². The minimum atomic E-state index is -2.61. The van der Waals surface area contributed by atoms with Crippen LogP contribution in [0.4, 0.5) is 4.79 Å². The highest BCUT2D eigenvalue weighted by Crippen LogP contribution is 2.48. The SMILES string of the molecule is C=C(C)C[C@H](OC)[C@H](OCOCC[Si](C)(C)C)C(=O)N(C(=O)OCC[Si](C)(C)C)[C@@H](OC)[C@@H]1C[C@@H](O[Si](C)(C)C(C)(C)C)C(C)(C)[C@@H](C[C@H](OCOCC[Si](C)(C)C)[C@@H](C)[C@H]2Cc3c(C)c(OCc4ccc(OC)c(OC)c4)cc(OCc4ccc(OC)c(OC)c4)c3C(=O)O2)O1. The minimum Gasteiger partial charge on any atom is -0.493 e. The average molecular weight is 1430 g/mol. The maximum Gasteiger partial charge on any atom is 0.418 e. The van der Waals surface area contributed by atoms with Gasteiger partial charge in [0, 0.05) is 88.3 Å². The predicted octanol–water partition coefficient (Wildman–Crippen LogP) is 15.5. The molecule has 0 spiro atoms. The Labute approximate surface area is 585 Å². The molecular formula is C73H121NO19Si4. The summed E-state index contributed by atoms with van der Waals surface area (Å²) in [6.45, 7) is 46.4. The van der Waals surface area contributed by atoms with Crippen LogP contribution in [-0.4, -0.2) is 180 Å². The smallest absolute Gasteiger partial charge is 0.418 e. The first-order valence-electron chi connectivity index (χ1n) is 34.2. The number of carbonyl (C=O) groups excluding carboxylic acids is 3. The van der Waals surface area contributed by atoms with Gasteiger partial charge >= 0.3 is 12.1 Å². The molecule has 0 aromatic heterocycles. The van der Waals surface area contributed by atoms with Gasteiger partial charge in [-0.15, -0.1) is 6.58 Å². The summed E-state index contributed by atoms with van der Waals surface area (Å²) in [6, 6.07) is 15.3. The fourth-order valence-electron chi connectivity index (χ4n) is 11.4. The summed E-state index contributed by atoms with van der Waals surface area (Å²) < 4.78 is 102. The van der Waals surface area contributed by atoms with Crippen LogP contribution in [0.15, 0.2) is 54.6 Å². The van der Waals surface area contributed by atoms with Crippen molar-refractivity contribution in [2.24, 2.45) is 11.3 Å². The van der Waals surface area contributed by atoms with Crippen LogP contribution in [0.5, 0.6) is 34.5 Å². The van der Waals surface area contributed by atoms with Crippen LogP contribution in [-0.2, 0) is 71.5 Å². The van der Waals surface area contributed by atoms with Crippen molar-refractivity contribution in [2.75, 3.05) is 76.1 Å². The Morgan fingerprint density at radius 3 is 1.68 bits per heavy atom. The van der Waals surface area contributed by atoms with E-state index in [1.807, 2.05) is 51.1 Å². The number of rotatable bonds is 39. The van der Waals surface area contributed by atoms with Gasteiger partial charge in [-0.1, -0.05) is 118 Å². The van der Waals surface area contributed by atoms with Gasteiger partial charge in [0.1, 0.15) is 56.1 Å². The monoisotopic (exact) mass is 1430 g/mol. The van der Waals surface area contributed by atoms with E-state index in [9.17, 15) is 0 Å². The third-order valence-electron chi connectivity index (χ3n) is 18.9. The Morgan fingerprint density at radius 2 is 1.20 bits per heavy atom. The van der Waals surface area contributed by atoms with Gasteiger partial charge in [-0.05, 0) is 103 Å². The molecule has 3 aromatic carbocycles. The normalized spacial score (nSPS) is 19.1. The van der Waals surface area contributed by atoms with Crippen molar-refractivity contribution < 1.29 is 89.9 Å². The standard InChI is InChI=1S/C73H121NO19Si4/c1-48(2)37-62(82-14)67(90-47-85-32-35-95(19,20)21)68(75)74(71(77)86-33-36-96(22,23)24)69(83-15)63-43-65(93-97(25,26)72(5,6)7)73(8,9)64(91-63)42-57(89-46-84-31-34-94(16,17)18)50(4)58-40-53-49(3)56(87-44-51-27-29-54(78-10)59(38-51)80-12)41-61(66(53)70(76)92-58)88-45-52-28-30-55(79-11)60(39-52)81-13/h27-30,38-39,41,50,57-58,62-65,67,69H,1,31-37,40,42-47H2,2-26H3/t50-,57+,58-,62+,63+,64-,65-,67+,69+/m1/s1. The van der Waals surface area contributed by atoms with Gasteiger partial charge in [-0.2, -0.15) is 0 Å². The van der Waals surface area contributed by atoms with Crippen molar-refractivity contribution in [2.45, 2.75) is 238 Å². The number of ether oxygens (including phenoxy) is 15. The van der Waals surface area contributed by atoms with Crippen molar-refractivity contribution in [1.82, 2.24) is 4.90 Å². The van der Waals surface area contributed by atoms with E-state index in [1.165, 1.54) is 14.2 Å². The van der Waals surface area contributed by atoms with Gasteiger partial charge in [0.2, 0.25) is 0 Å². The third kappa shape index (κ3) is 23.9. The summed E-state index contributed by atoms with van der Waals surface area (Å²) in [6.07, 6.45) is -7.24. The van der Waals surface area contributed by atoms with Gasteiger partial charge in [0.25, 0.3) is 5.91 Å². The lowest BCUT2D eigenvalue weighted by molar-refractivity contribution is -0.235. The number of cyclic esters (lactones) is 1. The van der Waals surface area contributed by atoms with Crippen LogP contribution in [0.2, 0.25) is 95.2 Å². The molecule has 97 heavy (non-hydrogen) atoms. The summed E-state index contributed by atoms with van der Waals surface area (Å²) in [5.74, 6) is 1.20. The molecule has 0 bridgehead atoms. The Bertz CT molecular complexity index is 3040. The van der Waals surface area contributed by atoms with Crippen LogP contribution >= 0.6 is 0 Å². The molecule has 1 saturated heterocycles. The molecular weight excluding hydrogens is 1310 g/mol. The lowest BCUT2D eigenvalue weighted by atomic mass is 9.72. The van der Waals surface area contributed by atoms with Crippen molar-refractivity contribution >= 4 is 50.5 Å². The highest BCUT2D eigenvalue weighted by molar-refractivity contribution is 6.77. The van der Waals surface area contributed by atoms with Crippen LogP contribution < -0.4 is 28.4 Å². The van der Waals surface area contributed by atoms with E-state index in [1.54, 1.807) is 40.6 Å². The minimum absolute atomic E-state index is 0.0567. The average Bonchev–Trinajstić information content (AvgIpc) is 0.765. The second-order valence-corrected chi connectivity index (χ2v) is 53.4. The summed E-state index contributed by atoms with van der Waals surface area (Å²) >= 11 is 0. The number of fused-ring (bicyclic) bond motifs is 1. The van der Waals surface area contributed by atoms with Crippen LogP contribution in [0.25, 0.3) is 0 Å². The number of amides is 2. The zero-order chi connectivity index (χ0) is 72.6. The van der Waals surface area contributed by atoms with Gasteiger partial charge < -0.3 is 75.5 Å². The van der Waals surface area contributed by atoms with Crippen molar-refractivity contribution in [3.63, 3.8) is 0 Å². The maximum atomic E-state index is 15.8. The van der Waals surface area contributed by atoms with E-state index in [0.29, 0.717) is 59.1 Å². The zero-order valence-corrected chi connectivity index (χ0v) is 67.5. The zero-order valence-electron chi connectivity index (χ0n) is 63.5. The molecule has 0 saturated carbocycles. The highest BCUT2D eigenvalue weighted by Gasteiger charge is 2.55. The molecule has 9 atom stereocenters. The molecule has 2 amide bonds. The number of esters is 1. The van der Waals surface area contributed by atoms with Crippen LogP contribution in [0, 0.1) is 18.3 Å². The second-order valence-electron chi connectivity index (χ2n) is 31.8. The first-order valence-corrected chi connectivity index (χ1v) is 48.2. The number of methoxy groups -OCH3 is 6. The van der Waals surface area contributed by atoms with Gasteiger partial charge in [-0.3, -0.25) is 4.79 Å². The molecule has 24 heteroatoms. The Morgan fingerprint density at radius 1 is 0.680 bits per heavy atom. The van der Waals surface area contributed by atoms with Crippen LogP contribution in [0.1, 0.15) is 100 Å². The highest BCUT2D eigenvalue weighted by atomic mass is 28.4. The second kappa shape index (κ2) is 36.2. The molecule has 3 aromatic rings. The molecule has 5 rings (SSSR count). The molecule has 2 heterocycles. The number of benzene rings is 3. The first kappa shape index (κ1) is 82.8. The summed E-state index contributed by atoms with van der Waals surface area (Å²) in [4.78, 5) is 47.0. The molecule has 1 fully saturated rings. The number of nitrogens with zero attached hydrogens (tertiary/aromatic N) is 1. The quantitative estimate of drug-likeness (QED) is 0.0171. The molecule has 2 aliphatic heterocycles.